The number of aliphatic carboxylic acids is 1. The molecule has 0 unspecified atom stereocenters. The molecule has 0 fully saturated rings. The standard InChI is InChI=1S/C10H8ClNO.C10H9NO2.C10H10O3/c1-13-8-2-3-9-7(6-8)4-5-12-10(9)11;1-13-8-2-3-9-7(6-8)4-5-11-10(9)12;1-13-9-4-2-3-8(7-9)5-6-10(11)12/h2-6H,1H3;2-6H,1H3,(H,11,12);2-7H,1H3,(H,11,12)/b;;6-5+. The van der Waals surface area contributed by atoms with Crippen LogP contribution in [-0.4, -0.2) is 42.4 Å². The van der Waals surface area contributed by atoms with Gasteiger partial charge in [-0.3, -0.25) is 4.79 Å². The first-order valence-corrected chi connectivity index (χ1v) is 12.0. The average Bonchev–Trinajstić information content (AvgIpc) is 2.96. The highest BCUT2D eigenvalue weighted by Gasteiger charge is 2.00. The van der Waals surface area contributed by atoms with Gasteiger partial charge in [0.2, 0.25) is 0 Å². The molecule has 2 N–H and O–H groups in total. The fourth-order valence-electron chi connectivity index (χ4n) is 3.46. The highest BCUT2D eigenvalue weighted by Crippen LogP contribution is 2.24. The van der Waals surface area contributed by atoms with Gasteiger partial charge in [-0.15, -0.1) is 0 Å². The summed E-state index contributed by atoms with van der Waals surface area (Å²) in [5, 5.41) is 12.5. The number of carboxylic acid groups (broad SMARTS) is 1. The van der Waals surface area contributed by atoms with Crippen LogP contribution in [0, 0.1) is 0 Å². The Hall–Kier alpha value is -4.82. The molecule has 8 nitrogen and oxygen atoms in total. The number of rotatable bonds is 5. The number of hydrogen-bond acceptors (Lipinski definition) is 6. The van der Waals surface area contributed by atoms with Gasteiger partial charge < -0.3 is 24.3 Å². The Balaban J connectivity index is 0.000000162. The van der Waals surface area contributed by atoms with Gasteiger partial charge >= 0.3 is 5.97 Å². The fourth-order valence-corrected chi connectivity index (χ4v) is 3.68. The number of carbonyl (C=O) groups is 1. The molecule has 0 amide bonds. The van der Waals surface area contributed by atoms with Crippen LogP contribution in [0.1, 0.15) is 5.56 Å². The second kappa shape index (κ2) is 14.2. The van der Waals surface area contributed by atoms with Crippen LogP contribution >= 0.6 is 11.6 Å². The summed E-state index contributed by atoms with van der Waals surface area (Å²) < 4.78 is 15.1. The van der Waals surface area contributed by atoms with Crippen molar-refractivity contribution < 1.29 is 24.1 Å². The molecule has 5 rings (SSSR count). The molecule has 0 bridgehead atoms. The summed E-state index contributed by atoms with van der Waals surface area (Å²) in [4.78, 5) is 28.1. The molecule has 0 aliphatic rings. The van der Waals surface area contributed by atoms with Crippen LogP contribution in [0.25, 0.3) is 27.6 Å². The van der Waals surface area contributed by atoms with Crippen molar-refractivity contribution in [2.24, 2.45) is 0 Å². The summed E-state index contributed by atoms with van der Waals surface area (Å²) in [6, 6.07) is 22.0. The molecule has 9 heteroatoms. The van der Waals surface area contributed by atoms with Crippen molar-refractivity contribution in [3.8, 4) is 17.2 Å². The van der Waals surface area contributed by atoms with Crippen molar-refractivity contribution in [1.29, 1.82) is 0 Å². The van der Waals surface area contributed by atoms with Gasteiger partial charge in [-0.1, -0.05) is 23.7 Å². The summed E-state index contributed by atoms with van der Waals surface area (Å²) in [6.07, 6.45) is 5.92. The number of benzene rings is 3. The smallest absolute Gasteiger partial charge is 0.328 e. The van der Waals surface area contributed by atoms with Gasteiger partial charge in [-0.25, -0.2) is 9.78 Å². The molecule has 5 aromatic rings. The van der Waals surface area contributed by atoms with E-state index in [4.69, 9.17) is 30.9 Å². The Morgan fingerprint density at radius 3 is 2.10 bits per heavy atom. The number of hydrogen-bond donors (Lipinski definition) is 2. The quantitative estimate of drug-likeness (QED) is 0.199. The van der Waals surface area contributed by atoms with Gasteiger partial charge in [-0.2, -0.15) is 0 Å². The third-order valence-corrected chi connectivity index (χ3v) is 5.72. The van der Waals surface area contributed by atoms with E-state index in [2.05, 4.69) is 9.97 Å². The maximum atomic E-state index is 11.3. The molecular weight excluding hydrogens is 520 g/mol. The van der Waals surface area contributed by atoms with Crippen molar-refractivity contribution in [3.63, 3.8) is 0 Å². The lowest BCUT2D eigenvalue weighted by Crippen LogP contribution is -2.03. The van der Waals surface area contributed by atoms with Gasteiger partial charge in [0.1, 0.15) is 22.4 Å². The van der Waals surface area contributed by atoms with Gasteiger partial charge in [-0.05, 0) is 83.1 Å². The van der Waals surface area contributed by atoms with E-state index in [-0.39, 0.29) is 5.56 Å². The Morgan fingerprint density at radius 1 is 0.846 bits per heavy atom. The number of ether oxygens (including phenoxy) is 3. The zero-order chi connectivity index (χ0) is 28.2. The maximum absolute atomic E-state index is 11.3. The second-order valence-electron chi connectivity index (χ2n) is 7.90. The zero-order valence-corrected chi connectivity index (χ0v) is 22.3. The van der Waals surface area contributed by atoms with E-state index in [0.29, 0.717) is 16.3 Å². The number of fused-ring (bicyclic) bond motifs is 2. The zero-order valence-electron chi connectivity index (χ0n) is 21.6. The van der Waals surface area contributed by atoms with Gasteiger partial charge in [0.25, 0.3) is 5.56 Å². The lowest BCUT2D eigenvalue weighted by Gasteiger charge is -2.02. The number of carboxylic acids is 1. The van der Waals surface area contributed by atoms with Crippen LogP contribution in [0.3, 0.4) is 0 Å². The third-order valence-electron chi connectivity index (χ3n) is 5.42. The predicted octanol–water partition coefficient (Wildman–Crippen LogP) is 6.23. The van der Waals surface area contributed by atoms with Crippen molar-refractivity contribution in [1.82, 2.24) is 9.97 Å². The predicted molar refractivity (Wildman–Crippen MR) is 154 cm³/mol. The second-order valence-corrected chi connectivity index (χ2v) is 8.26. The molecule has 200 valence electrons. The van der Waals surface area contributed by atoms with E-state index in [1.807, 2.05) is 42.5 Å². The number of aromatic nitrogens is 2. The summed E-state index contributed by atoms with van der Waals surface area (Å²) in [7, 11) is 4.82. The largest absolute Gasteiger partial charge is 0.497 e. The van der Waals surface area contributed by atoms with Crippen LogP contribution in [0.2, 0.25) is 5.15 Å². The van der Waals surface area contributed by atoms with E-state index < -0.39 is 5.97 Å². The average molecular weight is 547 g/mol. The number of methoxy groups -OCH3 is 3. The number of aromatic amines is 1. The number of nitrogens with one attached hydrogen (secondary N) is 1. The minimum atomic E-state index is -0.956. The lowest BCUT2D eigenvalue weighted by molar-refractivity contribution is -0.131. The highest BCUT2D eigenvalue weighted by atomic mass is 35.5. The van der Waals surface area contributed by atoms with Crippen molar-refractivity contribution in [2.75, 3.05) is 21.3 Å². The van der Waals surface area contributed by atoms with Gasteiger partial charge in [0, 0.05) is 29.2 Å². The first-order valence-electron chi connectivity index (χ1n) is 11.6. The summed E-state index contributed by atoms with van der Waals surface area (Å²) in [6.45, 7) is 0. The Kier molecular flexibility index (Phi) is 10.5. The van der Waals surface area contributed by atoms with E-state index >= 15 is 0 Å². The van der Waals surface area contributed by atoms with E-state index in [1.165, 1.54) is 6.08 Å². The molecule has 0 aliphatic heterocycles. The maximum Gasteiger partial charge on any atom is 0.328 e. The fraction of sp³-hybridized carbons (Fsp3) is 0.100. The van der Waals surface area contributed by atoms with Crippen LogP contribution in [-0.2, 0) is 4.79 Å². The molecule has 39 heavy (non-hydrogen) atoms. The van der Waals surface area contributed by atoms with Crippen molar-refractivity contribution in [2.45, 2.75) is 0 Å². The minimum Gasteiger partial charge on any atom is -0.497 e. The third kappa shape index (κ3) is 8.34. The summed E-state index contributed by atoms with van der Waals surface area (Å²) in [5.74, 6) is 1.35. The SMILES string of the molecule is COc1ccc2c(=O)[nH]ccc2c1.COc1ccc2c(Cl)nccc2c1.COc1cccc(/C=C/C(=O)O)c1. The molecule has 3 aromatic carbocycles. The first kappa shape index (κ1) is 28.7. The highest BCUT2D eigenvalue weighted by molar-refractivity contribution is 6.34. The van der Waals surface area contributed by atoms with Crippen molar-refractivity contribution >= 4 is 45.2 Å². The molecule has 0 radical (unpaired) electrons. The molecule has 0 spiro atoms. The van der Waals surface area contributed by atoms with E-state index in [9.17, 15) is 9.59 Å². The first-order chi connectivity index (χ1) is 18.8. The number of H-pyrrole nitrogens is 1. The van der Waals surface area contributed by atoms with E-state index in [0.717, 1.165) is 39.3 Å². The monoisotopic (exact) mass is 546 g/mol. The summed E-state index contributed by atoms with van der Waals surface area (Å²) >= 11 is 5.90. The molecule has 0 saturated heterocycles. The molecular formula is C30H27ClN2O6. The number of pyridine rings is 2. The number of halogens is 1. The molecule has 2 heterocycles. The Labute approximate surface area is 230 Å². The van der Waals surface area contributed by atoms with E-state index in [1.54, 1.807) is 64.1 Å². The van der Waals surface area contributed by atoms with Crippen LogP contribution in [0.5, 0.6) is 17.2 Å². The van der Waals surface area contributed by atoms with Gasteiger partial charge in [0.05, 0.1) is 21.3 Å². The van der Waals surface area contributed by atoms with Crippen molar-refractivity contribution in [3.05, 3.63) is 112 Å². The molecule has 0 atom stereocenters. The van der Waals surface area contributed by atoms with Crippen LogP contribution < -0.4 is 19.8 Å². The molecule has 0 saturated carbocycles. The summed E-state index contributed by atoms with van der Waals surface area (Å²) in [5.41, 5.74) is 0.738. The minimum absolute atomic E-state index is 0.0693. The normalized spacial score (nSPS) is 10.3. The van der Waals surface area contributed by atoms with Crippen LogP contribution in [0.15, 0.2) is 96.1 Å². The van der Waals surface area contributed by atoms with Crippen LogP contribution in [0.4, 0.5) is 0 Å². The lowest BCUT2D eigenvalue weighted by atomic mass is 10.2. The topological polar surface area (TPSA) is 111 Å². The Morgan fingerprint density at radius 2 is 1.46 bits per heavy atom. The molecule has 2 aromatic heterocycles. The Bertz CT molecular complexity index is 1650. The molecule has 0 aliphatic carbocycles. The van der Waals surface area contributed by atoms with Gasteiger partial charge in [0.15, 0.2) is 0 Å². The number of nitrogens with zero attached hydrogens (tertiary/aromatic N) is 1.